The quantitative estimate of drug-likeness (QED) is 0.793. The molecular weight excluding hydrogens is 243 g/mol. The van der Waals surface area contributed by atoms with E-state index in [2.05, 4.69) is 20.8 Å². The van der Waals surface area contributed by atoms with Crippen LogP contribution >= 0.6 is 0 Å². The molecule has 19 heavy (non-hydrogen) atoms. The van der Waals surface area contributed by atoms with Gasteiger partial charge in [0.15, 0.2) is 0 Å². The monoisotopic (exact) mass is 260 g/mol. The largest absolute Gasteiger partial charge is 0.365 e. The Labute approximate surface area is 111 Å². The summed E-state index contributed by atoms with van der Waals surface area (Å²) in [4.78, 5) is 0. The third-order valence-corrected chi connectivity index (χ3v) is 3.47. The number of aromatic nitrogens is 2. The smallest absolute Gasteiger partial charge is 0.148 e. The summed E-state index contributed by atoms with van der Waals surface area (Å²) in [6, 6.07) is 7.55. The number of benzene rings is 1. The molecule has 1 unspecified atom stereocenters. The van der Waals surface area contributed by atoms with Crippen LogP contribution in [0.4, 0.5) is 10.2 Å². The SMILES string of the molecule is Cc1ccc(-c2cc(NC3CCNC3)n[nH]2)cc1F. The lowest BCUT2D eigenvalue weighted by atomic mass is 10.1. The summed E-state index contributed by atoms with van der Waals surface area (Å²) in [6.07, 6.45) is 1.10. The third-order valence-electron chi connectivity index (χ3n) is 3.47. The van der Waals surface area contributed by atoms with Gasteiger partial charge in [0.25, 0.3) is 0 Å². The summed E-state index contributed by atoms with van der Waals surface area (Å²) >= 11 is 0. The highest BCUT2D eigenvalue weighted by Gasteiger charge is 2.15. The molecule has 2 aromatic rings. The number of halogens is 1. The second-order valence-corrected chi connectivity index (χ2v) is 4.96. The topological polar surface area (TPSA) is 52.7 Å². The van der Waals surface area contributed by atoms with Gasteiger partial charge < -0.3 is 10.6 Å². The number of hydrogen-bond donors (Lipinski definition) is 3. The Morgan fingerprint density at radius 3 is 3.00 bits per heavy atom. The Morgan fingerprint density at radius 1 is 1.37 bits per heavy atom. The van der Waals surface area contributed by atoms with E-state index >= 15 is 0 Å². The van der Waals surface area contributed by atoms with Crippen LogP contribution in [0.25, 0.3) is 11.3 Å². The fourth-order valence-corrected chi connectivity index (χ4v) is 2.29. The third kappa shape index (κ3) is 2.61. The van der Waals surface area contributed by atoms with E-state index in [1.54, 1.807) is 13.0 Å². The van der Waals surface area contributed by atoms with Crippen molar-refractivity contribution in [1.82, 2.24) is 15.5 Å². The number of hydrogen-bond acceptors (Lipinski definition) is 3. The van der Waals surface area contributed by atoms with Gasteiger partial charge in [0, 0.05) is 24.2 Å². The van der Waals surface area contributed by atoms with Gasteiger partial charge in [-0.25, -0.2) is 4.39 Å². The van der Waals surface area contributed by atoms with E-state index < -0.39 is 0 Å². The highest BCUT2D eigenvalue weighted by atomic mass is 19.1. The Balaban J connectivity index is 1.78. The van der Waals surface area contributed by atoms with Crippen LogP contribution in [0.1, 0.15) is 12.0 Å². The summed E-state index contributed by atoms with van der Waals surface area (Å²) in [6.45, 7) is 3.76. The predicted molar refractivity (Wildman–Crippen MR) is 73.6 cm³/mol. The molecule has 0 saturated carbocycles. The van der Waals surface area contributed by atoms with Gasteiger partial charge in [0.2, 0.25) is 0 Å². The van der Waals surface area contributed by atoms with Crippen LogP contribution in [0.15, 0.2) is 24.3 Å². The molecule has 1 saturated heterocycles. The number of nitrogens with one attached hydrogen (secondary N) is 3. The molecule has 4 nitrogen and oxygen atoms in total. The number of nitrogens with zero attached hydrogens (tertiary/aromatic N) is 1. The standard InChI is InChI=1S/C14H17FN4/c1-9-2-3-10(6-12(9)15)13-7-14(19-18-13)17-11-4-5-16-8-11/h2-3,6-7,11,16H,4-5,8H2,1H3,(H2,17,18,19). The minimum Gasteiger partial charge on any atom is -0.365 e. The molecule has 0 bridgehead atoms. The predicted octanol–water partition coefficient (Wildman–Crippen LogP) is 2.30. The molecule has 0 spiro atoms. The normalized spacial score (nSPS) is 18.7. The van der Waals surface area contributed by atoms with Crippen LogP contribution in [-0.2, 0) is 0 Å². The Bertz CT molecular complexity index is 573. The van der Waals surface area contributed by atoms with Crippen LogP contribution in [0.5, 0.6) is 0 Å². The lowest BCUT2D eigenvalue weighted by Crippen LogP contribution is -2.22. The van der Waals surface area contributed by atoms with Crippen molar-refractivity contribution < 1.29 is 4.39 Å². The first-order valence-corrected chi connectivity index (χ1v) is 6.51. The van der Waals surface area contributed by atoms with E-state index in [-0.39, 0.29) is 5.82 Å². The Hall–Kier alpha value is -1.88. The molecule has 0 aliphatic carbocycles. The van der Waals surface area contributed by atoms with Gasteiger partial charge in [-0.3, -0.25) is 5.10 Å². The number of aryl methyl sites for hydroxylation is 1. The molecular formula is C14H17FN4. The molecule has 1 atom stereocenters. The molecule has 100 valence electrons. The van der Waals surface area contributed by atoms with Crippen LogP contribution in [-0.4, -0.2) is 29.3 Å². The fraction of sp³-hybridized carbons (Fsp3) is 0.357. The highest BCUT2D eigenvalue weighted by Crippen LogP contribution is 2.22. The van der Waals surface area contributed by atoms with E-state index in [1.807, 2.05) is 12.1 Å². The first kappa shape index (κ1) is 12.2. The van der Waals surface area contributed by atoms with Crippen LogP contribution < -0.4 is 10.6 Å². The Kier molecular flexibility index (Phi) is 3.21. The number of anilines is 1. The maximum absolute atomic E-state index is 13.5. The van der Waals surface area contributed by atoms with Crippen molar-refractivity contribution in [3.63, 3.8) is 0 Å². The molecule has 1 fully saturated rings. The van der Waals surface area contributed by atoms with Gasteiger partial charge in [-0.15, -0.1) is 0 Å². The molecule has 1 aliphatic rings. The zero-order chi connectivity index (χ0) is 13.2. The minimum absolute atomic E-state index is 0.193. The van der Waals surface area contributed by atoms with Crippen molar-refractivity contribution in [2.75, 3.05) is 18.4 Å². The van der Waals surface area contributed by atoms with E-state index in [9.17, 15) is 4.39 Å². The maximum Gasteiger partial charge on any atom is 0.148 e. The number of aromatic amines is 1. The van der Waals surface area contributed by atoms with Gasteiger partial charge in [0.05, 0.1) is 5.69 Å². The van der Waals surface area contributed by atoms with E-state index in [0.29, 0.717) is 11.6 Å². The Morgan fingerprint density at radius 2 is 2.26 bits per heavy atom. The van der Waals surface area contributed by atoms with Crippen LogP contribution in [0.3, 0.4) is 0 Å². The van der Waals surface area contributed by atoms with Crippen molar-refractivity contribution in [2.45, 2.75) is 19.4 Å². The molecule has 1 aromatic heterocycles. The average Bonchev–Trinajstić information content (AvgIpc) is 3.05. The second-order valence-electron chi connectivity index (χ2n) is 4.96. The fourth-order valence-electron chi connectivity index (χ4n) is 2.29. The van der Waals surface area contributed by atoms with Crippen LogP contribution in [0, 0.1) is 12.7 Å². The van der Waals surface area contributed by atoms with E-state index in [4.69, 9.17) is 0 Å². The summed E-state index contributed by atoms with van der Waals surface area (Å²) in [5, 5.41) is 13.8. The maximum atomic E-state index is 13.5. The number of rotatable bonds is 3. The second kappa shape index (κ2) is 5.01. The minimum atomic E-state index is -0.193. The van der Waals surface area contributed by atoms with E-state index in [1.165, 1.54) is 6.07 Å². The van der Waals surface area contributed by atoms with E-state index in [0.717, 1.165) is 36.6 Å². The lowest BCUT2D eigenvalue weighted by Gasteiger charge is -2.08. The summed E-state index contributed by atoms with van der Waals surface area (Å²) in [5.41, 5.74) is 2.29. The molecule has 0 radical (unpaired) electrons. The number of H-pyrrole nitrogens is 1. The summed E-state index contributed by atoms with van der Waals surface area (Å²) in [5.74, 6) is 0.617. The van der Waals surface area contributed by atoms with Gasteiger partial charge in [-0.05, 0) is 31.5 Å². The molecule has 1 aromatic carbocycles. The van der Waals surface area contributed by atoms with Crippen molar-refractivity contribution in [3.05, 3.63) is 35.6 Å². The van der Waals surface area contributed by atoms with Crippen molar-refractivity contribution in [2.24, 2.45) is 0 Å². The van der Waals surface area contributed by atoms with Gasteiger partial charge in [0.1, 0.15) is 11.6 Å². The lowest BCUT2D eigenvalue weighted by molar-refractivity contribution is 0.619. The average molecular weight is 260 g/mol. The molecule has 5 heteroatoms. The molecule has 2 heterocycles. The molecule has 3 N–H and O–H groups in total. The zero-order valence-electron chi connectivity index (χ0n) is 10.8. The summed E-state index contributed by atoms with van der Waals surface area (Å²) in [7, 11) is 0. The molecule has 0 amide bonds. The van der Waals surface area contributed by atoms with Crippen molar-refractivity contribution in [1.29, 1.82) is 0 Å². The first-order chi connectivity index (χ1) is 9.22. The van der Waals surface area contributed by atoms with Gasteiger partial charge >= 0.3 is 0 Å². The molecule has 3 rings (SSSR count). The van der Waals surface area contributed by atoms with Gasteiger partial charge in [-0.2, -0.15) is 5.10 Å². The van der Waals surface area contributed by atoms with Crippen molar-refractivity contribution in [3.8, 4) is 11.3 Å². The molecule has 1 aliphatic heterocycles. The highest BCUT2D eigenvalue weighted by molar-refractivity contribution is 5.63. The van der Waals surface area contributed by atoms with Gasteiger partial charge in [-0.1, -0.05) is 12.1 Å². The zero-order valence-corrected chi connectivity index (χ0v) is 10.8. The first-order valence-electron chi connectivity index (χ1n) is 6.51. The van der Waals surface area contributed by atoms with Crippen molar-refractivity contribution >= 4 is 5.82 Å². The summed E-state index contributed by atoms with van der Waals surface area (Å²) < 4.78 is 13.5. The van der Waals surface area contributed by atoms with Crippen LogP contribution in [0.2, 0.25) is 0 Å².